The molecule has 0 fully saturated rings. The summed E-state index contributed by atoms with van der Waals surface area (Å²) in [5.41, 5.74) is -2.08. The van der Waals surface area contributed by atoms with E-state index in [1.165, 1.54) is 0 Å². The summed E-state index contributed by atoms with van der Waals surface area (Å²) in [5, 5.41) is 30.9. The topological polar surface area (TPSA) is 84.9 Å². The minimum Gasteiger partial charge on any atom is -0.480 e. The molecule has 1 N–H and O–H groups in total. The van der Waals surface area contributed by atoms with Gasteiger partial charge in [-0.2, -0.15) is 10.5 Å². The van der Waals surface area contributed by atoms with Gasteiger partial charge in [-0.1, -0.05) is 91.0 Å². The van der Waals surface area contributed by atoms with Crippen molar-refractivity contribution in [2.75, 3.05) is 0 Å². The lowest BCUT2D eigenvalue weighted by atomic mass is 9.56. The quantitative estimate of drug-likeness (QED) is 0.703. The number of benzene rings is 3. The first-order valence-corrected chi connectivity index (χ1v) is 8.81. The zero-order chi connectivity index (χ0) is 20.0. The summed E-state index contributed by atoms with van der Waals surface area (Å²) in [5.74, 6) is -1.33. The molecule has 3 aromatic carbocycles. The number of nitrogens with zero attached hydrogens (tertiary/aromatic N) is 2. The number of carbonyl (C=O) groups is 1. The van der Waals surface area contributed by atoms with Gasteiger partial charge in [-0.15, -0.1) is 0 Å². The molecule has 4 heteroatoms. The molecular weight excluding hydrogens is 348 g/mol. The first kappa shape index (κ1) is 18.9. The van der Waals surface area contributed by atoms with E-state index in [1.54, 1.807) is 84.9 Å². The number of hydrogen-bond acceptors (Lipinski definition) is 3. The van der Waals surface area contributed by atoms with Gasteiger partial charge in [-0.05, 0) is 16.7 Å². The second-order valence-corrected chi connectivity index (χ2v) is 6.58. The molecule has 0 saturated heterocycles. The van der Waals surface area contributed by atoms with Gasteiger partial charge in [0, 0.05) is 6.42 Å². The van der Waals surface area contributed by atoms with E-state index in [0.29, 0.717) is 16.7 Å². The monoisotopic (exact) mass is 366 g/mol. The summed E-state index contributed by atoms with van der Waals surface area (Å²) >= 11 is 0. The van der Waals surface area contributed by atoms with Gasteiger partial charge in [0.15, 0.2) is 5.41 Å². The maximum absolute atomic E-state index is 12.6. The molecule has 28 heavy (non-hydrogen) atoms. The van der Waals surface area contributed by atoms with E-state index in [9.17, 15) is 20.4 Å². The van der Waals surface area contributed by atoms with Crippen molar-refractivity contribution in [2.45, 2.75) is 11.8 Å². The van der Waals surface area contributed by atoms with Gasteiger partial charge >= 0.3 is 5.97 Å². The van der Waals surface area contributed by atoms with Crippen molar-refractivity contribution in [3.05, 3.63) is 108 Å². The van der Waals surface area contributed by atoms with Crippen molar-refractivity contribution >= 4 is 5.97 Å². The third kappa shape index (κ3) is 2.92. The molecule has 0 aliphatic carbocycles. The summed E-state index contributed by atoms with van der Waals surface area (Å²) in [7, 11) is 0. The highest BCUT2D eigenvalue weighted by Gasteiger charge is 2.60. The molecule has 0 heterocycles. The second kappa shape index (κ2) is 7.78. The lowest BCUT2D eigenvalue weighted by molar-refractivity contribution is -0.147. The molecule has 0 bridgehead atoms. The molecule has 3 aromatic rings. The maximum atomic E-state index is 12.6. The Morgan fingerprint density at radius 1 is 0.750 bits per heavy atom. The third-order valence-corrected chi connectivity index (χ3v) is 5.09. The Bertz CT molecular complexity index is 995. The number of aliphatic carboxylic acids is 1. The van der Waals surface area contributed by atoms with E-state index < -0.39 is 16.8 Å². The van der Waals surface area contributed by atoms with Gasteiger partial charge in [-0.3, -0.25) is 4.79 Å². The molecule has 136 valence electrons. The number of carboxylic acids is 1. The number of nitriles is 2. The Morgan fingerprint density at radius 2 is 1.18 bits per heavy atom. The smallest absolute Gasteiger partial charge is 0.326 e. The molecule has 4 nitrogen and oxygen atoms in total. The Labute approximate surface area is 163 Å². The number of hydrogen-bond donors (Lipinski definition) is 1. The third-order valence-electron chi connectivity index (χ3n) is 5.09. The molecule has 0 aliphatic heterocycles. The van der Waals surface area contributed by atoms with Crippen molar-refractivity contribution < 1.29 is 9.90 Å². The first-order valence-electron chi connectivity index (χ1n) is 8.81. The summed E-state index contributed by atoms with van der Waals surface area (Å²) in [4.78, 5) is 12.6. The predicted molar refractivity (Wildman–Crippen MR) is 105 cm³/mol. The van der Waals surface area contributed by atoms with Crippen molar-refractivity contribution in [1.29, 1.82) is 10.5 Å². The average molecular weight is 366 g/mol. The number of rotatable bonds is 6. The lowest BCUT2D eigenvalue weighted by Gasteiger charge is -2.39. The van der Waals surface area contributed by atoms with Gasteiger partial charge in [0.05, 0.1) is 12.1 Å². The van der Waals surface area contributed by atoms with Crippen LogP contribution in [-0.4, -0.2) is 11.1 Å². The predicted octanol–water partition coefficient (Wildman–Crippen LogP) is 4.33. The fraction of sp³-hybridized carbons (Fsp3) is 0.125. The van der Waals surface area contributed by atoms with E-state index >= 15 is 0 Å². The zero-order valence-electron chi connectivity index (χ0n) is 15.1. The summed E-state index contributed by atoms with van der Waals surface area (Å²) in [6.45, 7) is 0. The van der Waals surface area contributed by atoms with Crippen molar-refractivity contribution in [1.82, 2.24) is 0 Å². The maximum Gasteiger partial charge on any atom is 0.326 e. The van der Waals surface area contributed by atoms with Crippen LogP contribution < -0.4 is 0 Å². The number of carboxylic acid groups (broad SMARTS) is 1. The van der Waals surface area contributed by atoms with Crippen LogP contribution >= 0.6 is 0 Å². The average Bonchev–Trinajstić information content (AvgIpc) is 2.76. The van der Waals surface area contributed by atoms with Gasteiger partial charge in [0.2, 0.25) is 0 Å². The van der Waals surface area contributed by atoms with Crippen LogP contribution in [0.15, 0.2) is 91.0 Å². The fourth-order valence-corrected chi connectivity index (χ4v) is 3.70. The molecule has 0 aromatic heterocycles. The summed E-state index contributed by atoms with van der Waals surface area (Å²) < 4.78 is 0. The molecule has 0 radical (unpaired) electrons. The van der Waals surface area contributed by atoms with Gasteiger partial charge in [0.1, 0.15) is 5.41 Å². The second-order valence-electron chi connectivity index (χ2n) is 6.58. The van der Waals surface area contributed by atoms with Crippen LogP contribution in [0.4, 0.5) is 0 Å². The molecule has 1 unspecified atom stereocenters. The standard InChI is InChI=1S/C24H18N2O2/c25-17-23(22(27)28,16-19-10-4-1-5-11-19)24(18-26,20-12-6-2-7-13-20)21-14-8-3-9-15-21/h1-15H,16H2,(H,27,28). The van der Waals surface area contributed by atoms with E-state index in [4.69, 9.17) is 0 Å². The van der Waals surface area contributed by atoms with Gasteiger partial charge < -0.3 is 5.11 Å². The molecule has 1 atom stereocenters. The SMILES string of the molecule is N#CC(Cc1ccccc1)(C(=O)O)C(C#N)(c1ccccc1)c1ccccc1. The Morgan fingerprint density at radius 3 is 1.54 bits per heavy atom. The Hall–Kier alpha value is -3.89. The van der Waals surface area contributed by atoms with Crippen LogP contribution in [0.1, 0.15) is 16.7 Å². The van der Waals surface area contributed by atoms with E-state index in [0.717, 1.165) is 0 Å². The van der Waals surface area contributed by atoms with Crippen LogP contribution in [0.2, 0.25) is 0 Å². The van der Waals surface area contributed by atoms with E-state index in [2.05, 4.69) is 6.07 Å². The summed E-state index contributed by atoms with van der Waals surface area (Å²) in [6, 6.07) is 30.6. The highest BCUT2D eigenvalue weighted by molar-refractivity contribution is 5.84. The molecular formula is C24H18N2O2. The highest BCUT2D eigenvalue weighted by atomic mass is 16.4. The van der Waals surface area contributed by atoms with Crippen LogP contribution in [-0.2, 0) is 16.6 Å². The Balaban J connectivity index is 2.38. The highest BCUT2D eigenvalue weighted by Crippen LogP contribution is 2.49. The molecule has 0 saturated carbocycles. The lowest BCUT2D eigenvalue weighted by Crippen LogP contribution is -2.51. The van der Waals surface area contributed by atoms with Gasteiger partial charge in [0.25, 0.3) is 0 Å². The van der Waals surface area contributed by atoms with Gasteiger partial charge in [-0.25, -0.2) is 0 Å². The van der Waals surface area contributed by atoms with E-state index in [-0.39, 0.29) is 6.42 Å². The zero-order valence-corrected chi connectivity index (χ0v) is 15.1. The largest absolute Gasteiger partial charge is 0.480 e. The first-order chi connectivity index (χ1) is 13.6. The summed E-state index contributed by atoms with van der Waals surface area (Å²) in [6.07, 6.45) is -0.100. The van der Waals surface area contributed by atoms with Crippen LogP contribution in [0.3, 0.4) is 0 Å². The molecule has 0 amide bonds. The molecule has 0 spiro atoms. The van der Waals surface area contributed by atoms with E-state index in [1.807, 2.05) is 12.1 Å². The normalized spacial score (nSPS) is 12.9. The van der Waals surface area contributed by atoms with Crippen molar-refractivity contribution in [3.8, 4) is 12.1 Å². The van der Waals surface area contributed by atoms with Crippen LogP contribution in [0, 0.1) is 28.1 Å². The molecule has 0 aliphatic rings. The van der Waals surface area contributed by atoms with Crippen molar-refractivity contribution in [2.24, 2.45) is 5.41 Å². The Kier molecular flexibility index (Phi) is 5.25. The molecule has 3 rings (SSSR count). The fourth-order valence-electron chi connectivity index (χ4n) is 3.70. The van der Waals surface area contributed by atoms with Crippen LogP contribution in [0.5, 0.6) is 0 Å². The van der Waals surface area contributed by atoms with Crippen LogP contribution in [0.25, 0.3) is 0 Å². The van der Waals surface area contributed by atoms with Crippen molar-refractivity contribution in [3.63, 3.8) is 0 Å². The minimum atomic E-state index is -2.02. The minimum absolute atomic E-state index is 0.100.